The molecule has 6 nitrogen and oxygen atoms in total. The van der Waals surface area contributed by atoms with Crippen LogP contribution in [0.25, 0.3) is 17.1 Å². The number of nitrogens with zero attached hydrogens (tertiary/aromatic N) is 4. The third-order valence-electron chi connectivity index (χ3n) is 6.26. The Hall–Kier alpha value is -3.51. The zero-order valence-electron chi connectivity index (χ0n) is 19.6. The Morgan fingerprint density at radius 3 is 2.35 bits per heavy atom. The van der Waals surface area contributed by atoms with Gasteiger partial charge in [0.2, 0.25) is 0 Å². The lowest BCUT2D eigenvalue weighted by atomic mass is 10.1. The second-order valence-electron chi connectivity index (χ2n) is 8.76. The number of benzene rings is 2. The van der Waals surface area contributed by atoms with Crippen molar-refractivity contribution in [1.82, 2.24) is 14.7 Å². The molecule has 0 atom stereocenters. The monoisotopic (exact) mass is 474 g/mol. The number of hydrogen-bond acceptors (Lipinski definition) is 4. The van der Waals surface area contributed by atoms with Gasteiger partial charge in [-0.2, -0.15) is 5.10 Å². The van der Waals surface area contributed by atoms with E-state index in [9.17, 15) is 4.79 Å². The molecule has 3 heterocycles. The number of hydrogen-bond donors (Lipinski definition) is 0. The molecule has 174 valence electrons. The number of aromatic nitrogens is 2. The summed E-state index contributed by atoms with van der Waals surface area (Å²) in [6.07, 6.45) is 0. The highest BCUT2D eigenvalue weighted by atomic mass is 35.5. The van der Waals surface area contributed by atoms with Crippen LogP contribution in [0.3, 0.4) is 0 Å². The molecule has 34 heavy (non-hydrogen) atoms. The van der Waals surface area contributed by atoms with E-state index in [1.807, 2.05) is 73.3 Å². The van der Waals surface area contributed by atoms with E-state index in [4.69, 9.17) is 21.1 Å². The quantitative estimate of drug-likeness (QED) is 0.382. The van der Waals surface area contributed by atoms with Crippen molar-refractivity contribution in [1.29, 1.82) is 0 Å². The molecule has 0 aliphatic carbocycles. The molecule has 1 amide bonds. The van der Waals surface area contributed by atoms with Crippen LogP contribution in [0.2, 0.25) is 5.02 Å². The fourth-order valence-corrected chi connectivity index (χ4v) is 4.73. The molecule has 1 aliphatic rings. The zero-order chi connectivity index (χ0) is 23.8. The molecule has 1 saturated heterocycles. The Morgan fingerprint density at radius 2 is 1.68 bits per heavy atom. The number of carbonyl (C=O) groups is 1. The fraction of sp³-hybridized carbons (Fsp3) is 0.259. The molecule has 0 bridgehead atoms. The zero-order valence-corrected chi connectivity index (χ0v) is 20.3. The van der Waals surface area contributed by atoms with Crippen LogP contribution >= 0.6 is 11.6 Å². The van der Waals surface area contributed by atoms with Crippen molar-refractivity contribution < 1.29 is 9.21 Å². The van der Waals surface area contributed by atoms with Crippen LogP contribution in [0.4, 0.5) is 5.69 Å². The predicted octanol–water partition coefficient (Wildman–Crippen LogP) is 5.67. The van der Waals surface area contributed by atoms with Crippen LogP contribution in [-0.4, -0.2) is 46.8 Å². The molecule has 2 aromatic carbocycles. The third-order valence-corrected chi connectivity index (χ3v) is 6.58. The average molecular weight is 475 g/mol. The summed E-state index contributed by atoms with van der Waals surface area (Å²) in [5.74, 6) is 1.42. The van der Waals surface area contributed by atoms with Gasteiger partial charge in [0.25, 0.3) is 5.91 Å². The van der Waals surface area contributed by atoms with E-state index in [1.165, 1.54) is 5.56 Å². The predicted molar refractivity (Wildman–Crippen MR) is 135 cm³/mol. The Kier molecular flexibility index (Phi) is 5.92. The summed E-state index contributed by atoms with van der Waals surface area (Å²) in [5, 5.41) is 5.52. The van der Waals surface area contributed by atoms with Gasteiger partial charge in [0.15, 0.2) is 5.76 Å². The van der Waals surface area contributed by atoms with Gasteiger partial charge in [-0.1, -0.05) is 41.4 Å². The first-order valence-electron chi connectivity index (χ1n) is 11.4. The Balaban J connectivity index is 1.46. The van der Waals surface area contributed by atoms with Crippen molar-refractivity contribution in [2.75, 3.05) is 31.1 Å². The number of carbonyl (C=O) groups excluding carboxylic acids is 1. The number of piperazine rings is 1. The van der Waals surface area contributed by atoms with Crippen molar-refractivity contribution >= 4 is 23.2 Å². The van der Waals surface area contributed by atoms with Gasteiger partial charge in [0, 0.05) is 32.2 Å². The Morgan fingerprint density at radius 1 is 0.912 bits per heavy atom. The number of para-hydroxylation sites is 1. The summed E-state index contributed by atoms with van der Waals surface area (Å²) in [4.78, 5) is 17.8. The van der Waals surface area contributed by atoms with Gasteiger partial charge >= 0.3 is 0 Å². The molecule has 2 aromatic heterocycles. The van der Waals surface area contributed by atoms with Gasteiger partial charge in [-0.15, -0.1) is 0 Å². The molecule has 5 rings (SSSR count). The van der Waals surface area contributed by atoms with Crippen molar-refractivity contribution in [3.63, 3.8) is 0 Å². The SMILES string of the molecule is Cc1ccc(-n2nc(-c3ccc(C)o3)cc2C(=O)N2CCN(c3ccccc3Cl)CC2)c(C)c1. The second-order valence-corrected chi connectivity index (χ2v) is 9.16. The van der Waals surface area contributed by atoms with E-state index >= 15 is 0 Å². The Labute approximate surface area is 204 Å². The normalized spacial score (nSPS) is 14.0. The van der Waals surface area contributed by atoms with E-state index in [0.29, 0.717) is 30.2 Å². The van der Waals surface area contributed by atoms with Crippen LogP contribution in [0.15, 0.2) is 65.1 Å². The maximum atomic E-state index is 13.7. The van der Waals surface area contributed by atoms with Gasteiger partial charge in [-0.3, -0.25) is 4.79 Å². The molecule has 1 fully saturated rings. The maximum Gasteiger partial charge on any atom is 0.272 e. The summed E-state index contributed by atoms with van der Waals surface area (Å²) >= 11 is 6.39. The van der Waals surface area contributed by atoms with Crippen LogP contribution in [0.5, 0.6) is 0 Å². The average Bonchev–Trinajstić information content (AvgIpc) is 3.46. The Bertz CT molecular complexity index is 1350. The van der Waals surface area contributed by atoms with Crippen LogP contribution < -0.4 is 4.90 Å². The maximum absolute atomic E-state index is 13.7. The standard InChI is InChI=1S/C27H27ClN4O2/c1-18-8-10-23(19(2)16-18)32-25(17-22(29-32)26-11-9-20(3)34-26)27(33)31-14-12-30(13-15-31)24-7-5-4-6-21(24)28/h4-11,16-17H,12-15H2,1-3H3. The first-order chi connectivity index (χ1) is 16.4. The van der Waals surface area contributed by atoms with E-state index in [1.54, 1.807) is 4.68 Å². The summed E-state index contributed by atoms with van der Waals surface area (Å²) in [7, 11) is 0. The van der Waals surface area contributed by atoms with E-state index in [2.05, 4.69) is 17.9 Å². The molecular weight excluding hydrogens is 448 g/mol. The van der Waals surface area contributed by atoms with Crippen molar-refractivity contribution in [2.45, 2.75) is 20.8 Å². The lowest BCUT2D eigenvalue weighted by Crippen LogP contribution is -2.49. The van der Waals surface area contributed by atoms with Crippen LogP contribution in [-0.2, 0) is 0 Å². The van der Waals surface area contributed by atoms with Crippen LogP contribution in [0, 0.1) is 20.8 Å². The minimum Gasteiger partial charge on any atom is -0.460 e. The fourth-order valence-electron chi connectivity index (χ4n) is 4.47. The molecule has 0 saturated carbocycles. The van der Waals surface area contributed by atoms with E-state index < -0.39 is 0 Å². The summed E-state index contributed by atoms with van der Waals surface area (Å²) in [5.41, 5.74) is 5.29. The molecule has 7 heteroatoms. The van der Waals surface area contributed by atoms with Gasteiger partial charge in [0.05, 0.1) is 16.4 Å². The number of aryl methyl sites for hydroxylation is 3. The first-order valence-corrected chi connectivity index (χ1v) is 11.8. The largest absolute Gasteiger partial charge is 0.460 e. The molecule has 0 N–H and O–H groups in total. The first kappa shape index (κ1) is 22.3. The van der Waals surface area contributed by atoms with Crippen LogP contribution in [0.1, 0.15) is 27.4 Å². The lowest BCUT2D eigenvalue weighted by molar-refractivity contribution is 0.0737. The summed E-state index contributed by atoms with van der Waals surface area (Å²) < 4.78 is 7.56. The van der Waals surface area contributed by atoms with Gasteiger partial charge < -0.3 is 14.2 Å². The highest BCUT2D eigenvalue weighted by Gasteiger charge is 2.27. The minimum absolute atomic E-state index is 0.0409. The molecule has 0 radical (unpaired) electrons. The summed E-state index contributed by atoms with van der Waals surface area (Å²) in [6, 6.07) is 19.6. The number of amides is 1. The topological polar surface area (TPSA) is 54.5 Å². The van der Waals surface area contributed by atoms with Gasteiger partial charge in [-0.25, -0.2) is 4.68 Å². The molecule has 0 unspecified atom stereocenters. The lowest BCUT2D eigenvalue weighted by Gasteiger charge is -2.36. The van der Waals surface area contributed by atoms with E-state index in [-0.39, 0.29) is 5.91 Å². The van der Waals surface area contributed by atoms with E-state index in [0.717, 1.165) is 40.8 Å². The van der Waals surface area contributed by atoms with Crippen molar-refractivity contribution in [3.8, 4) is 17.1 Å². The summed E-state index contributed by atoms with van der Waals surface area (Å²) in [6.45, 7) is 8.65. The van der Waals surface area contributed by atoms with Gasteiger partial charge in [0.1, 0.15) is 17.1 Å². The van der Waals surface area contributed by atoms with Crippen molar-refractivity contribution in [2.24, 2.45) is 0 Å². The molecular formula is C27H27ClN4O2. The number of rotatable bonds is 4. The molecule has 4 aromatic rings. The smallest absolute Gasteiger partial charge is 0.272 e. The number of furan rings is 1. The third kappa shape index (κ3) is 4.21. The second kappa shape index (κ2) is 9.03. The molecule has 1 aliphatic heterocycles. The molecule has 0 spiro atoms. The van der Waals surface area contributed by atoms with Gasteiger partial charge in [-0.05, 0) is 56.7 Å². The number of halogens is 1. The highest BCUT2D eigenvalue weighted by molar-refractivity contribution is 6.33. The highest BCUT2D eigenvalue weighted by Crippen LogP contribution is 2.28. The minimum atomic E-state index is -0.0409. The van der Waals surface area contributed by atoms with Crippen molar-refractivity contribution in [3.05, 3.63) is 88.3 Å². The number of anilines is 1.